The predicted octanol–water partition coefficient (Wildman–Crippen LogP) is 5.88. The second kappa shape index (κ2) is 9.47. The van der Waals surface area contributed by atoms with E-state index < -0.39 is 0 Å². The first-order chi connectivity index (χ1) is 9.20. The Labute approximate surface area is 134 Å². The fourth-order valence-corrected chi connectivity index (χ4v) is 5.61. The van der Waals surface area contributed by atoms with Gasteiger partial charge in [0.05, 0.1) is 0 Å². The van der Waals surface area contributed by atoms with E-state index in [4.69, 9.17) is 0 Å². The second-order valence-electron chi connectivity index (χ2n) is 6.45. The van der Waals surface area contributed by atoms with Crippen molar-refractivity contribution in [1.82, 2.24) is 0 Å². The summed E-state index contributed by atoms with van der Waals surface area (Å²) in [6.07, 6.45) is 17.2. The molecule has 0 heterocycles. The zero-order chi connectivity index (χ0) is 14.1. The minimum absolute atomic E-state index is 0.633. The van der Waals surface area contributed by atoms with Crippen molar-refractivity contribution in [2.24, 2.45) is 5.41 Å². The molecule has 0 saturated carbocycles. The number of allylic oxidation sites excluding steroid dienone is 2. The van der Waals surface area contributed by atoms with Crippen LogP contribution in [-0.4, -0.2) is 22.5 Å². The van der Waals surface area contributed by atoms with Crippen LogP contribution in [-0.2, 0) is 0 Å². The molecule has 19 heavy (non-hydrogen) atoms. The van der Waals surface area contributed by atoms with Crippen LogP contribution >= 0.6 is 0 Å². The van der Waals surface area contributed by atoms with Gasteiger partial charge in [-0.05, 0) is 0 Å². The molecule has 0 amide bonds. The number of unbranched alkanes of at least 4 members (excludes halogenated alkanes) is 3. The maximum atomic E-state index is 2.35. The second-order valence-corrected chi connectivity index (χ2v) is 8.44. The number of rotatable bonds is 9. The van der Waals surface area contributed by atoms with Gasteiger partial charge in [0.2, 0.25) is 0 Å². The van der Waals surface area contributed by atoms with E-state index in [0.717, 1.165) is 0 Å². The van der Waals surface area contributed by atoms with E-state index in [0.29, 0.717) is 5.41 Å². The Morgan fingerprint density at radius 3 is 2.05 bits per heavy atom. The van der Waals surface area contributed by atoms with E-state index in [1.165, 1.54) is 99.6 Å². The van der Waals surface area contributed by atoms with Gasteiger partial charge in [0.25, 0.3) is 0 Å². The SMILES string of the molecule is CCCCC1=[C]([SnH])CCCC1(CCCC)CCCC. The summed E-state index contributed by atoms with van der Waals surface area (Å²) < 4.78 is 1.89. The minimum atomic E-state index is 0.633. The Bertz CT molecular complexity index is 269. The van der Waals surface area contributed by atoms with Crippen LogP contribution in [0.2, 0.25) is 0 Å². The molecule has 1 rings (SSSR count). The van der Waals surface area contributed by atoms with Gasteiger partial charge in [0.1, 0.15) is 0 Å². The van der Waals surface area contributed by atoms with Crippen molar-refractivity contribution >= 4 is 22.5 Å². The molecule has 0 aliphatic heterocycles. The molecule has 0 atom stereocenters. The average molecular weight is 369 g/mol. The molecule has 0 aromatic heterocycles. The van der Waals surface area contributed by atoms with Gasteiger partial charge in [-0.1, -0.05) is 0 Å². The molecular formula is C18H34Sn. The van der Waals surface area contributed by atoms with E-state index in [2.05, 4.69) is 20.8 Å². The zero-order valence-electron chi connectivity index (χ0n) is 13.6. The number of hydrogen-bond acceptors (Lipinski definition) is 0. The normalized spacial score (nSPS) is 18.9. The summed E-state index contributed by atoms with van der Waals surface area (Å²) in [5, 5.41) is 0. The van der Waals surface area contributed by atoms with Gasteiger partial charge in [-0.2, -0.15) is 0 Å². The summed E-state index contributed by atoms with van der Waals surface area (Å²) in [4.78, 5) is 0. The molecule has 1 aliphatic carbocycles. The Hall–Kier alpha value is 0.539. The molecule has 0 aromatic rings. The molecule has 1 heteroatoms. The molecule has 0 saturated heterocycles. The predicted molar refractivity (Wildman–Crippen MR) is 89.0 cm³/mol. The fourth-order valence-electron chi connectivity index (χ4n) is 3.75. The summed E-state index contributed by atoms with van der Waals surface area (Å²) in [5.41, 5.74) is 2.58. The van der Waals surface area contributed by atoms with E-state index in [1.807, 2.05) is 9.16 Å². The van der Waals surface area contributed by atoms with Crippen LogP contribution in [0.1, 0.15) is 97.8 Å². The molecule has 0 unspecified atom stereocenters. The first-order valence-corrected chi connectivity index (χ1v) is 10.3. The van der Waals surface area contributed by atoms with Gasteiger partial charge in [0.15, 0.2) is 0 Å². The van der Waals surface area contributed by atoms with Crippen molar-refractivity contribution < 1.29 is 0 Å². The van der Waals surface area contributed by atoms with Gasteiger partial charge in [-0.15, -0.1) is 0 Å². The topological polar surface area (TPSA) is 0 Å². The Balaban J connectivity index is 2.90. The van der Waals surface area contributed by atoms with Crippen molar-refractivity contribution in [2.75, 3.05) is 0 Å². The molecule has 0 bridgehead atoms. The van der Waals surface area contributed by atoms with Crippen molar-refractivity contribution in [3.8, 4) is 0 Å². The molecule has 1 aliphatic rings. The summed E-state index contributed by atoms with van der Waals surface area (Å²) in [7, 11) is 0. The quantitative estimate of drug-likeness (QED) is 0.445. The Kier molecular flexibility index (Phi) is 8.77. The first kappa shape index (κ1) is 17.6. The van der Waals surface area contributed by atoms with Crippen LogP contribution in [0.5, 0.6) is 0 Å². The van der Waals surface area contributed by atoms with Crippen molar-refractivity contribution in [1.29, 1.82) is 0 Å². The monoisotopic (exact) mass is 370 g/mol. The van der Waals surface area contributed by atoms with Gasteiger partial charge < -0.3 is 0 Å². The van der Waals surface area contributed by atoms with Crippen molar-refractivity contribution in [3.63, 3.8) is 0 Å². The van der Waals surface area contributed by atoms with E-state index in [1.54, 1.807) is 0 Å². The third kappa shape index (κ3) is 5.10. The standard InChI is InChI=1S/C18H33.Sn.H/c1-4-7-12-17-13-10-11-16-18(17,14-8-5-2)15-9-6-3;;/h4-12,14-16H2,1-3H3;;. The molecule has 0 fully saturated rings. The van der Waals surface area contributed by atoms with Gasteiger partial charge in [-0.25, -0.2) is 0 Å². The summed E-state index contributed by atoms with van der Waals surface area (Å²) in [6, 6.07) is 0. The van der Waals surface area contributed by atoms with Gasteiger partial charge in [-0.3, -0.25) is 0 Å². The molecule has 0 nitrogen and oxygen atoms in total. The summed E-state index contributed by atoms with van der Waals surface area (Å²) in [6.45, 7) is 7.05. The summed E-state index contributed by atoms with van der Waals surface area (Å²) >= 11 is 1.39. The van der Waals surface area contributed by atoms with Crippen LogP contribution in [0.3, 0.4) is 0 Å². The van der Waals surface area contributed by atoms with Crippen LogP contribution in [0.4, 0.5) is 0 Å². The zero-order valence-corrected chi connectivity index (χ0v) is 16.9. The Morgan fingerprint density at radius 1 is 0.947 bits per heavy atom. The Morgan fingerprint density at radius 2 is 1.53 bits per heavy atom. The van der Waals surface area contributed by atoms with Gasteiger partial charge >= 0.3 is 135 Å². The first-order valence-electron chi connectivity index (χ1n) is 8.68. The van der Waals surface area contributed by atoms with Crippen molar-refractivity contribution in [2.45, 2.75) is 97.8 Å². The van der Waals surface area contributed by atoms with E-state index >= 15 is 0 Å². The van der Waals surface area contributed by atoms with Crippen molar-refractivity contribution in [3.05, 3.63) is 9.16 Å². The molecule has 0 N–H and O–H groups in total. The molecule has 0 aromatic carbocycles. The summed E-state index contributed by atoms with van der Waals surface area (Å²) in [5.74, 6) is 0. The molecule has 0 spiro atoms. The van der Waals surface area contributed by atoms with Crippen LogP contribution in [0.15, 0.2) is 9.16 Å². The molecule has 110 valence electrons. The molecular weight excluding hydrogens is 335 g/mol. The van der Waals surface area contributed by atoms with E-state index in [9.17, 15) is 0 Å². The average Bonchev–Trinajstić information content (AvgIpc) is 2.42. The van der Waals surface area contributed by atoms with Crippen LogP contribution in [0.25, 0.3) is 0 Å². The third-order valence-electron chi connectivity index (χ3n) is 4.93. The van der Waals surface area contributed by atoms with Crippen LogP contribution in [0, 0.1) is 5.41 Å². The maximum absolute atomic E-state index is 2.35. The third-order valence-corrected chi connectivity index (χ3v) is 6.75. The van der Waals surface area contributed by atoms with E-state index in [-0.39, 0.29) is 0 Å². The fraction of sp³-hybridized carbons (Fsp3) is 0.889. The van der Waals surface area contributed by atoms with Crippen LogP contribution < -0.4 is 0 Å². The number of hydrogen-bond donors (Lipinski definition) is 0. The molecule has 2 radical (unpaired) electrons. The van der Waals surface area contributed by atoms with Gasteiger partial charge in [0, 0.05) is 0 Å².